The van der Waals surface area contributed by atoms with Crippen molar-refractivity contribution in [2.45, 2.75) is 332 Å². The van der Waals surface area contributed by atoms with Crippen molar-refractivity contribution < 1.29 is 75.3 Å². The zero-order chi connectivity index (χ0) is 80.9. The molecule has 3 aromatic carbocycles. The monoisotopic (exact) mass is 1540 g/mol. The molecule has 0 aliphatic carbocycles. The van der Waals surface area contributed by atoms with E-state index in [-0.39, 0.29) is 35.8 Å². The SMILES string of the molecule is C=C(C)C(=O)OCCCCCCCCc1ccc(OP(=O)(Oc2ccc(CCCCCCCCOC(=O)C(=C)C)c(CCCCCCCCOC(=O)C(=C)C)c2C)Oc2ccc(CCCCCCCCOC(=O)C(=C)C)c(CCCCCCCCOC(=O)C(=C)C)c2C)c(C)c1CCCCCCCCOC(=O)C(=C)C. The Labute approximate surface area is 663 Å². The molecule has 17 heteroatoms. The van der Waals surface area contributed by atoms with Crippen molar-refractivity contribution in [2.24, 2.45) is 0 Å². The van der Waals surface area contributed by atoms with Crippen molar-refractivity contribution in [3.05, 3.63) is 159 Å². The topological polar surface area (TPSA) is 203 Å². The molecule has 0 amide bonds. The molecule has 614 valence electrons. The molecule has 110 heavy (non-hydrogen) atoms. The number of aryl methyl sites for hydroxylation is 3. The summed E-state index contributed by atoms with van der Waals surface area (Å²) in [6.45, 7) is 40.7. The van der Waals surface area contributed by atoms with Crippen molar-refractivity contribution in [3.8, 4) is 17.2 Å². The number of phosphoric ester groups is 1. The Hall–Kier alpha value is -7.45. The summed E-state index contributed by atoms with van der Waals surface area (Å²) in [6.07, 6.45) is 40.0. The van der Waals surface area contributed by atoms with Crippen LogP contribution in [0.25, 0.3) is 0 Å². The van der Waals surface area contributed by atoms with Gasteiger partial charge in [0.05, 0.1) is 39.6 Å². The van der Waals surface area contributed by atoms with Gasteiger partial charge in [-0.3, -0.25) is 0 Å². The first kappa shape index (κ1) is 96.7. The minimum Gasteiger partial charge on any atom is -0.462 e. The van der Waals surface area contributed by atoms with E-state index in [9.17, 15) is 28.8 Å². The average Bonchev–Trinajstić information content (AvgIpc) is 0.784. The molecule has 0 spiro atoms. The fourth-order valence-electron chi connectivity index (χ4n) is 13.3. The summed E-state index contributed by atoms with van der Waals surface area (Å²) >= 11 is 0. The molecule has 3 aromatic rings. The predicted octanol–water partition coefficient (Wildman–Crippen LogP) is 24.3. The second-order valence-corrected chi connectivity index (χ2v) is 31.9. The largest absolute Gasteiger partial charge is 0.647 e. The van der Waals surface area contributed by atoms with E-state index in [0.717, 1.165) is 286 Å². The zero-order valence-corrected chi connectivity index (χ0v) is 70.5. The number of hydrogen-bond donors (Lipinski definition) is 0. The number of phosphoric acid groups is 1. The molecule has 0 heterocycles. The highest BCUT2D eigenvalue weighted by molar-refractivity contribution is 7.49. The Balaban J connectivity index is 2.13. The Morgan fingerprint density at radius 1 is 0.245 bits per heavy atom. The van der Waals surface area contributed by atoms with Crippen LogP contribution in [0.2, 0.25) is 0 Å². The van der Waals surface area contributed by atoms with Gasteiger partial charge in [0.15, 0.2) is 0 Å². The smallest absolute Gasteiger partial charge is 0.462 e. The zero-order valence-electron chi connectivity index (χ0n) is 69.6. The summed E-state index contributed by atoms with van der Waals surface area (Å²) in [5, 5.41) is 0. The van der Waals surface area contributed by atoms with Crippen LogP contribution >= 0.6 is 7.82 Å². The van der Waals surface area contributed by atoms with Crippen molar-refractivity contribution in [1.29, 1.82) is 0 Å². The predicted molar refractivity (Wildman–Crippen MR) is 446 cm³/mol. The number of rotatable bonds is 66. The van der Waals surface area contributed by atoms with Crippen LogP contribution in [-0.4, -0.2) is 75.5 Å². The maximum atomic E-state index is 16.6. The minimum absolute atomic E-state index is 0.347. The lowest BCUT2D eigenvalue weighted by Gasteiger charge is -2.25. The average molecular weight is 1550 g/mol. The van der Waals surface area contributed by atoms with E-state index in [4.69, 9.17) is 42.0 Å². The number of carbonyl (C=O) groups excluding carboxylic acids is 6. The Morgan fingerprint density at radius 2 is 0.400 bits per heavy atom. The highest BCUT2D eigenvalue weighted by atomic mass is 31.2. The van der Waals surface area contributed by atoms with Gasteiger partial charge in [-0.15, -0.1) is 0 Å². The number of benzene rings is 3. The number of unbranched alkanes of at least 4 members (excludes halogenated alkanes) is 30. The van der Waals surface area contributed by atoms with Gasteiger partial charge < -0.3 is 42.0 Å². The highest BCUT2D eigenvalue weighted by Crippen LogP contribution is 2.53. The summed E-state index contributed by atoms with van der Waals surface area (Å²) in [4.78, 5) is 71.8. The Kier molecular flexibility index (Phi) is 50.6. The summed E-state index contributed by atoms with van der Waals surface area (Å²) in [6, 6.07) is 12.3. The van der Waals surface area contributed by atoms with Crippen LogP contribution in [-0.2, 0) is 100 Å². The van der Waals surface area contributed by atoms with Crippen molar-refractivity contribution >= 4 is 43.6 Å². The number of carbonyl (C=O) groups is 6. The molecule has 0 atom stereocenters. The van der Waals surface area contributed by atoms with E-state index < -0.39 is 7.82 Å². The molecule has 0 radical (unpaired) electrons. The lowest BCUT2D eigenvalue weighted by Crippen LogP contribution is -2.12. The lowest BCUT2D eigenvalue weighted by atomic mass is 9.92. The van der Waals surface area contributed by atoms with Crippen LogP contribution < -0.4 is 13.6 Å². The Bertz CT molecular complexity index is 3080. The first-order chi connectivity index (χ1) is 52.8. The van der Waals surface area contributed by atoms with Gasteiger partial charge >= 0.3 is 43.6 Å². The number of ether oxygens (including phenoxy) is 6. The second-order valence-electron chi connectivity index (χ2n) is 30.4. The van der Waals surface area contributed by atoms with E-state index in [1.54, 1.807) is 41.5 Å². The lowest BCUT2D eigenvalue weighted by molar-refractivity contribution is -0.139. The maximum Gasteiger partial charge on any atom is 0.647 e. The van der Waals surface area contributed by atoms with E-state index in [0.29, 0.717) is 90.3 Å². The van der Waals surface area contributed by atoms with Gasteiger partial charge in [0, 0.05) is 33.4 Å². The normalized spacial score (nSPS) is 11.2. The molecule has 0 aromatic heterocycles. The van der Waals surface area contributed by atoms with Crippen molar-refractivity contribution in [2.75, 3.05) is 39.6 Å². The van der Waals surface area contributed by atoms with Gasteiger partial charge in [-0.25, -0.2) is 28.8 Å². The molecule has 0 aliphatic rings. The summed E-state index contributed by atoms with van der Waals surface area (Å²) in [5.74, 6) is -0.777. The molecule has 3 rings (SSSR count). The number of hydrogen-bond acceptors (Lipinski definition) is 16. The van der Waals surface area contributed by atoms with Crippen LogP contribution in [0, 0.1) is 20.8 Å². The van der Waals surface area contributed by atoms with Crippen molar-refractivity contribution in [1.82, 2.24) is 0 Å². The second kappa shape index (κ2) is 57.6. The van der Waals surface area contributed by atoms with E-state index in [2.05, 4.69) is 78.4 Å². The van der Waals surface area contributed by atoms with Gasteiger partial charge in [-0.1, -0.05) is 212 Å². The van der Waals surface area contributed by atoms with Crippen LogP contribution in [0.5, 0.6) is 17.2 Å². The third kappa shape index (κ3) is 41.7. The molecule has 0 fully saturated rings. The highest BCUT2D eigenvalue weighted by Gasteiger charge is 2.36. The third-order valence-electron chi connectivity index (χ3n) is 20.0. The van der Waals surface area contributed by atoms with Gasteiger partial charge in [0.25, 0.3) is 0 Å². The Morgan fingerprint density at radius 3 is 0.573 bits per heavy atom. The fourth-order valence-corrected chi connectivity index (χ4v) is 14.7. The molecule has 0 aliphatic heterocycles. The van der Waals surface area contributed by atoms with Gasteiger partial charge in [-0.2, -0.15) is 4.57 Å². The molecule has 0 saturated heterocycles. The van der Waals surface area contributed by atoms with Crippen LogP contribution in [0.1, 0.15) is 323 Å². The quantitative estimate of drug-likeness (QED) is 0.0170. The van der Waals surface area contributed by atoms with Gasteiger partial charge in [-0.05, 0) is 246 Å². The fraction of sp³-hybridized carbons (Fsp3) is 0.613. The molecular formula is C93H141O16P. The minimum atomic E-state index is -4.62. The van der Waals surface area contributed by atoms with E-state index in [1.807, 2.05) is 18.2 Å². The first-order valence-electron chi connectivity index (χ1n) is 41.7. The van der Waals surface area contributed by atoms with Gasteiger partial charge in [0.2, 0.25) is 0 Å². The standard InChI is InChI=1S/C93H141O16P/c1-70(2)88(94)101-64-46-34-22-16-28-40-52-79-58-61-85(76(13)82(79)55-43-31-19-25-37-49-67-104-91(97)73(7)8)107-110(100,108-86-62-59-80(53-41-29-17-23-35-47-65-102-89(95)71(3)4)83(77(86)14)56-44-32-20-26-38-50-68-105-92(98)74(9)10)109-87-63-60-81(54-42-30-18-24-36-48-66-103-90(96)72(5)6)84(78(87)15)57-45-33-21-27-39-51-69-106-93(99)75(11)12/h58-63H,1,3,5,7,9,11,16-57,64-69H2,2,4,6,8,10,12-15H3. The third-order valence-corrected chi connectivity index (χ3v) is 21.3. The molecule has 0 bridgehead atoms. The van der Waals surface area contributed by atoms with E-state index >= 15 is 4.57 Å². The van der Waals surface area contributed by atoms with Crippen LogP contribution in [0.4, 0.5) is 0 Å². The van der Waals surface area contributed by atoms with E-state index in [1.165, 1.54) is 33.4 Å². The molecule has 0 saturated carbocycles. The van der Waals surface area contributed by atoms with Crippen LogP contribution in [0.3, 0.4) is 0 Å². The molecule has 0 unspecified atom stereocenters. The number of esters is 6. The molecule has 0 N–H and O–H groups in total. The molecular weight excluding hydrogens is 1400 g/mol. The van der Waals surface area contributed by atoms with Gasteiger partial charge in [0.1, 0.15) is 17.2 Å². The van der Waals surface area contributed by atoms with Crippen LogP contribution in [0.15, 0.2) is 109 Å². The summed E-state index contributed by atoms with van der Waals surface area (Å²) in [5.41, 5.74) is 12.4. The summed E-state index contributed by atoms with van der Waals surface area (Å²) in [7, 11) is -4.62. The van der Waals surface area contributed by atoms with Crippen molar-refractivity contribution in [3.63, 3.8) is 0 Å². The summed E-state index contributed by atoms with van der Waals surface area (Å²) < 4.78 is 69.6. The first-order valence-corrected chi connectivity index (χ1v) is 43.2. The molecule has 16 nitrogen and oxygen atoms in total. The maximum absolute atomic E-state index is 16.6.